The zero-order chi connectivity index (χ0) is 51.0. The number of nitrogens with one attached hydrogen (secondary N) is 2. The summed E-state index contributed by atoms with van der Waals surface area (Å²) >= 11 is 9.34. The third-order valence-electron chi connectivity index (χ3n) is 15.2. The fourth-order valence-corrected chi connectivity index (χ4v) is 13.7. The highest BCUT2D eigenvalue weighted by atomic mass is 79.9. The van der Waals surface area contributed by atoms with E-state index >= 15 is 0 Å². The Balaban J connectivity index is 1.80. The summed E-state index contributed by atoms with van der Waals surface area (Å²) in [5.74, 6) is -4.72. The van der Waals surface area contributed by atoms with Gasteiger partial charge < -0.3 is 20.8 Å². The fraction of sp³-hybridized carbons (Fsp3) is 0.793. The molecule has 12 heteroatoms. The van der Waals surface area contributed by atoms with E-state index in [0.717, 1.165) is 77.0 Å². The molecule has 1 aliphatic carbocycles. The summed E-state index contributed by atoms with van der Waals surface area (Å²) in [6, 6.07) is 6.78. The fourth-order valence-electron chi connectivity index (χ4n) is 10.6. The van der Waals surface area contributed by atoms with E-state index in [1.807, 2.05) is 0 Å². The summed E-state index contributed by atoms with van der Waals surface area (Å²) < 4.78 is 1.37. The van der Waals surface area contributed by atoms with Crippen LogP contribution in [0.2, 0.25) is 0 Å². The highest BCUT2D eigenvalue weighted by Crippen LogP contribution is 2.47. The second-order valence-electron chi connectivity index (χ2n) is 21.0. The molecule has 0 aromatic carbocycles. The number of rotatable bonds is 42. The van der Waals surface area contributed by atoms with Gasteiger partial charge in [-0.15, -0.1) is 22.7 Å². The molecule has 0 spiro atoms. The van der Waals surface area contributed by atoms with Gasteiger partial charge in [0.1, 0.15) is 11.6 Å². The van der Waals surface area contributed by atoms with E-state index < -0.39 is 59.3 Å². The number of unbranched alkanes of at least 4 members (excludes halogenated alkanes) is 24. The van der Waals surface area contributed by atoms with Crippen molar-refractivity contribution in [2.75, 3.05) is 13.1 Å². The third kappa shape index (κ3) is 21.8. The van der Waals surface area contributed by atoms with E-state index in [9.17, 15) is 29.4 Å². The summed E-state index contributed by atoms with van der Waals surface area (Å²) in [6.45, 7) is 9.69. The summed E-state index contributed by atoms with van der Waals surface area (Å²) in [6.07, 6.45) is 36.8. The van der Waals surface area contributed by atoms with Gasteiger partial charge in [-0.1, -0.05) is 207 Å². The van der Waals surface area contributed by atoms with Crippen LogP contribution in [0.15, 0.2) is 31.8 Å². The second-order valence-corrected chi connectivity index (χ2v) is 25.9. The number of Topliss-reactive ketones (excluding diaryl/α,β-unsaturated/α-hetero) is 2. The Labute approximate surface area is 450 Å². The van der Waals surface area contributed by atoms with Crippen molar-refractivity contribution in [2.45, 2.75) is 257 Å². The van der Waals surface area contributed by atoms with Crippen molar-refractivity contribution >= 4 is 77.9 Å². The van der Waals surface area contributed by atoms with Crippen molar-refractivity contribution in [3.8, 4) is 0 Å². The van der Waals surface area contributed by atoms with Gasteiger partial charge in [0.15, 0.2) is 11.2 Å². The minimum absolute atomic E-state index is 0.229. The SMILES string of the molecule is CCCCCCCCCCC(CCCCCCCC)CNC(=O)C(O)(c1ccc(Br)s1)C1CC(=O)C(C(O)(C(=O)NCC(CCCCCCCC)CCCCCCCCCC)c2ccc(Br)s2)CC1=O. The molecule has 3 rings (SSSR count). The molecule has 0 saturated heterocycles. The Kier molecular flexibility index (Phi) is 32.8. The third-order valence-corrected chi connectivity index (χ3v) is 18.6. The molecule has 8 nitrogen and oxygen atoms in total. The Hall–Kier alpha value is -1.44. The van der Waals surface area contributed by atoms with Gasteiger partial charge in [0.05, 0.1) is 19.4 Å². The molecular formula is C58H96Br2N2O6S2. The average Bonchev–Trinajstić information content (AvgIpc) is 4.01. The summed E-state index contributed by atoms with van der Waals surface area (Å²) in [4.78, 5) is 59.0. The van der Waals surface area contributed by atoms with Gasteiger partial charge in [-0.3, -0.25) is 19.2 Å². The summed E-state index contributed by atoms with van der Waals surface area (Å²) in [5.41, 5.74) is -4.63. The maximum Gasteiger partial charge on any atom is 0.258 e. The largest absolute Gasteiger partial charge is 0.374 e. The number of hydrogen-bond donors (Lipinski definition) is 4. The first-order chi connectivity index (χ1) is 33.9. The van der Waals surface area contributed by atoms with Crippen molar-refractivity contribution in [3.05, 3.63) is 41.6 Å². The van der Waals surface area contributed by atoms with Crippen LogP contribution < -0.4 is 10.6 Å². The van der Waals surface area contributed by atoms with Crippen molar-refractivity contribution in [2.24, 2.45) is 23.7 Å². The molecule has 2 aromatic rings. The Bertz CT molecular complexity index is 1630. The van der Waals surface area contributed by atoms with Crippen LogP contribution in [0.5, 0.6) is 0 Å². The molecule has 400 valence electrons. The molecule has 6 unspecified atom stereocenters. The van der Waals surface area contributed by atoms with Crippen molar-refractivity contribution in [1.29, 1.82) is 0 Å². The highest BCUT2D eigenvalue weighted by molar-refractivity contribution is 9.11. The quantitative estimate of drug-likeness (QED) is 0.0490. The van der Waals surface area contributed by atoms with Gasteiger partial charge in [-0.25, -0.2) is 0 Å². The number of thiophene rings is 2. The molecule has 2 amide bonds. The lowest BCUT2D eigenvalue weighted by Gasteiger charge is -2.41. The first kappa shape index (κ1) is 62.9. The molecule has 0 aliphatic heterocycles. The lowest BCUT2D eigenvalue weighted by Crippen LogP contribution is -2.59. The lowest BCUT2D eigenvalue weighted by atomic mass is 9.66. The molecule has 1 aliphatic rings. The van der Waals surface area contributed by atoms with Crippen LogP contribution in [-0.4, -0.2) is 46.7 Å². The predicted octanol–water partition coefficient (Wildman–Crippen LogP) is 16.6. The molecule has 1 saturated carbocycles. The first-order valence-corrected chi connectivity index (χ1v) is 31.7. The minimum Gasteiger partial charge on any atom is -0.374 e. The standard InChI is InChI=1S/C58H96Br2N2O6S2/c1-5-9-13-17-21-23-27-31-35-45(33-29-25-19-15-11-7-3)43-61-55(65)57(67,51-37-39-53(59)69-51)47-41-50(64)48(42-49(47)63)58(68,52-38-40-54(60)70-52)56(66)62-44-46(34-30-26-20-16-12-8-4)36-32-28-24-22-18-14-10-6-2/h37-40,45-48,67-68H,5-36,41-44H2,1-4H3,(H,61,65)(H,62,66). The van der Waals surface area contributed by atoms with Crippen LogP contribution in [0.4, 0.5) is 0 Å². The van der Waals surface area contributed by atoms with Gasteiger partial charge in [0.25, 0.3) is 11.8 Å². The zero-order valence-corrected chi connectivity index (χ0v) is 49.0. The number of ketones is 2. The Morgan fingerprint density at radius 1 is 0.486 bits per heavy atom. The van der Waals surface area contributed by atoms with E-state index in [1.165, 1.54) is 151 Å². The second kappa shape index (κ2) is 36.5. The van der Waals surface area contributed by atoms with Gasteiger partial charge in [0, 0.05) is 35.7 Å². The van der Waals surface area contributed by atoms with Crippen LogP contribution in [0.25, 0.3) is 0 Å². The Morgan fingerprint density at radius 2 is 0.743 bits per heavy atom. The maximum atomic E-state index is 14.6. The molecule has 2 aromatic heterocycles. The number of halogens is 2. The monoisotopic (exact) mass is 1140 g/mol. The first-order valence-electron chi connectivity index (χ1n) is 28.4. The number of amides is 2. The normalized spacial score (nSPS) is 17.8. The molecule has 70 heavy (non-hydrogen) atoms. The predicted molar refractivity (Wildman–Crippen MR) is 301 cm³/mol. The molecule has 0 bridgehead atoms. The van der Waals surface area contributed by atoms with Crippen LogP contribution in [0.3, 0.4) is 0 Å². The van der Waals surface area contributed by atoms with Crippen LogP contribution in [0, 0.1) is 23.7 Å². The number of carbonyl (C=O) groups excluding carboxylic acids is 4. The van der Waals surface area contributed by atoms with E-state index in [0.29, 0.717) is 20.7 Å². The summed E-state index contributed by atoms with van der Waals surface area (Å²) in [7, 11) is 0. The van der Waals surface area contributed by atoms with Crippen molar-refractivity contribution in [1.82, 2.24) is 10.6 Å². The van der Waals surface area contributed by atoms with Gasteiger partial charge in [-0.05, 0) is 93.6 Å². The molecule has 2 heterocycles. The molecule has 6 atom stereocenters. The van der Waals surface area contributed by atoms with E-state index in [-0.39, 0.29) is 21.6 Å². The molecular weight excluding hydrogens is 1040 g/mol. The van der Waals surface area contributed by atoms with Crippen LogP contribution in [-0.2, 0) is 30.4 Å². The summed E-state index contributed by atoms with van der Waals surface area (Å²) in [5, 5.41) is 31.6. The molecule has 4 N–H and O–H groups in total. The Morgan fingerprint density at radius 3 is 0.986 bits per heavy atom. The van der Waals surface area contributed by atoms with Gasteiger partial charge in [-0.2, -0.15) is 0 Å². The lowest BCUT2D eigenvalue weighted by molar-refractivity contribution is -0.168. The average molecular weight is 1140 g/mol. The number of hydrogen-bond acceptors (Lipinski definition) is 8. The smallest absolute Gasteiger partial charge is 0.258 e. The number of carbonyl (C=O) groups is 4. The van der Waals surface area contributed by atoms with E-state index in [2.05, 4.69) is 70.2 Å². The maximum absolute atomic E-state index is 14.6. The highest BCUT2D eigenvalue weighted by Gasteiger charge is 2.59. The van der Waals surface area contributed by atoms with E-state index in [4.69, 9.17) is 0 Å². The minimum atomic E-state index is -2.32. The van der Waals surface area contributed by atoms with Crippen LogP contribution >= 0.6 is 54.5 Å². The van der Waals surface area contributed by atoms with E-state index in [1.54, 1.807) is 24.3 Å². The number of aliphatic hydroxyl groups is 2. The topological polar surface area (TPSA) is 133 Å². The zero-order valence-electron chi connectivity index (χ0n) is 44.2. The molecule has 1 fully saturated rings. The van der Waals surface area contributed by atoms with Crippen LogP contribution in [0.1, 0.15) is 256 Å². The van der Waals surface area contributed by atoms with Gasteiger partial charge in [0.2, 0.25) is 0 Å². The van der Waals surface area contributed by atoms with Crippen molar-refractivity contribution < 1.29 is 29.4 Å². The molecule has 0 radical (unpaired) electrons. The van der Waals surface area contributed by atoms with Gasteiger partial charge >= 0.3 is 0 Å². The van der Waals surface area contributed by atoms with Crippen molar-refractivity contribution in [3.63, 3.8) is 0 Å².